The van der Waals surface area contributed by atoms with E-state index < -0.39 is 0 Å². The fourth-order valence-corrected chi connectivity index (χ4v) is 5.01. The Morgan fingerprint density at radius 1 is 0.812 bits per heavy atom. The monoisotopic (exact) mass is 276 g/mol. The van der Waals surface area contributed by atoms with Crippen molar-refractivity contribution in [1.29, 1.82) is 0 Å². The minimum absolute atomic E-state index is 0.878. The lowest BCUT2D eigenvalue weighted by Crippen LogP contribution is -2.25. The fourth-order valence-electron chi connectivity index (χ4n) is 4.63. The highest BCUT2D eigenvalue weighted by atomic mass is 79.9. The molecule has 2 atom stereocenters. The summed E-state index contributed by atoms with van der Waals surface area (Å²) in [6.45, 7) is 0. The molecule has 0 spiro atoms. The van der Waals surface area contributed by atoms with Crippen LogP contribution in [0.3, 0.4) is 0 Å². The van der Waals surface area contributed by atoms with Gasteiger partial charge in [0.25, 0.3) is 0 Å². The van der Waals surface area contributed by atoms with Gasteiger partial charge in [-0.05, 0) is 79.0 Å². The van der Waals surface area contributed by atoms with Crippen molar-refractivity contribution in [2.45, 2.75) is 43.9 Å². The molecule has 4 bridgehead atoms. The van der Waals surface area contributed by atoms with Crippen molar-refractivity contribution < 1.29 is 0 Å². The van der Waals surface area contributed by atoms with Crippen LogP contribution in [0.1, 0.15) is 55.1 Å². The normalized spacial score (nSPS) is 39.6. The molecule has 84 valence electrons. The molecule has 2 fully saturated rings. The molecular formula is C15H17Br. The summed E-state index contributed by atoms with van der Waals surface area (Å²) in [7, 11) is 0. The van der Waals surface area contributed by atoms with Crippen LogP contribution in [0.25, 0.3) is 0 Å². The molecule has 1 aromatic rings. The van der Waals surface area contributed by atoms with Crippen molar-refractivity contribution in [2.24, 2.45) is 11.8 Å². The highest BCUT2D eigenvalue weighted by molar-refractivity contribution is 9.10. The van der Waals surface area contributed by atoms with E-state index in [0.717, 1.165) is 23.7 Å². The molecule has 0 amide bonds. The average molecular weight is 277 g/mol. The first-order valence-electron chi connectivity index (χ1n) is 6.59. The highest BCUT2D eigenvalue weighted by Crippen LogP contribution is 2.56. The Bertz CT molecular complexity index is 423. The van der Waals surface area contributed by atoms with Gasteiger partial charge in [-0.1, -0.05) is 22.0 Å². The van der Waals surface area contributed by atoms with Crippen molar-refractivity contribution >= 4 is 15.9 Å². The number of hydrogen-bond acceptors (Lipinski definition) is 0. The maximum Gasteiger partial charge on any atom is 0.0178 e. The van der Waals surface area contributed by atoms with Crippen molar-refractivity contribution in [3.05, 3.63) is 33.8 Å². The summed E-state index contributed by atoms with van der Waals surface area (Å²) in [5, 5.41) is 0. The quantitative estimate of drug-likeness (QED) is 0.636. The Hall–Kier alpha value is -0.300. The lowest BCUT2D eigenvalue weighted by atomic mass is 9.67. The molecule has 4 aliphatic carbocycles. The van der Waals surface area contributed by atoms with Gasteiger partial charge in [-0.3, -0.25) is 0 Å². The second-order valence-electron chi connectivity index (χ2n) is 6.08. The topological polar surface area (TPSA) is 0 Å². The molecule has 0 aliphatic heterocycles. The molecule has 0 N–H and O–H groups in total. The van der Waals surface area contributed by atoms with E-state index in [1.54, 1.807) is 11.1 Å². The zero-order chi connectivity index (χ0) is 10.7. The van der Waals surface area contributed by atoms with E-state index in [1.807, 2.05) is 0 Å². The Morgan fingerprint density at radius 2 is 1.44 bits per heavy atom. The van der Waals surface area contributed by atoms with E-state index in [0.29, 0.717) is 0 Å². The molecule has 0 saturated heterocycles. The van der Waals surface area contributed by atoms with Crippen LogP contribution in [0.15, 0.2) is 22.7 Å². The minimum Gasteiger partial charge on any atom is -0.0574 e. The third-order valence-electron chi connectivity index (χ3n) is 5.07. The van der Waals surface area contributed by atoms with Crippen LogP contribution in [0.4, 0.5) is 0 Å². The summed E-state index contributed by atoms with van der Waals surface area (Å²) in [6.07, 6.45) is 7.42. The molecular weight excluding hydrogens is 260 g/mol. The van der Waals surface area contributed by atoms with Crippen molar-refractivity contribution in [1.82, 2.24) is 0 Å². The Balaban J connectivity index is 1.90. The van der Waals surface area contributed by atoms with Crippen molar-refractivity contribution in [3.8, 4) is 0 Å². The van der Waals surface area contributed by atoms with Gasteiger partial charge in [0.2, 0.25) is 0 Å². The predicted molar refractivity (Wildman–Crippen MR) is 69.7 cm³/mol. The van der Waals surface area contributed by atoms with E-state index in [4.69, 9.17) is 0 Å². The van der Waals surface area contributed by atoms with Crippen LogP contribution in [-0.4, -0.2) is 0 Å². The Labute approximate surface area is 106 Å². The average Bonchev–Trinajstić information content (AvgIpc) is 2.41. The van der Waals surface area contributed by atoms with E-state index in [1.165, 1.54) is 36.6 Å². The SMILES string of the molecule is Brc1ccc2c(c1)C1CC3CC(CC2C3)C1. The molecule has 0 radical (unpaired) electrons. The van der Waals surface area contributed by atoms with Gasteiger partial charge in [0, 0.05) is 4.47 Å². The van der Waals surface area contributed by atoms with E-state index in [2.05, 4.69) is 34.1 Å². The van der Waals surface area contributed by atoms with Crippen molar-refractivity contribution in [3.63, 3.8) is 0 Å². The summed E-state index contributed by atoms with van der Waals surface area (Å²) in [5.41, 5.74) is 3.38. The van der Waals surface area contributed by atoms with Gasteiger partial charge in [-0.15, -0.1) is 0 Å². The molecule has 0 heterocycles. The van der Waals surface area contributed by atoms with Gasteiger partial charge < -0.3 is 0 Å². The first-order chi connectivity index (χ1) is 7.79. The van der Waals surface area contributed by atoms with Gasteiger partial charge in [-0.25, -0.2) is 0 Å². The maximum absolute atomic E-state index is 3.64. The molecule has 4 aliphatic rings. The first-order valence-corrected chi connectivity index (χ1v) is 7.38. The lowest BCUT2D eigenvalue weighted by molar-refractivity contribution is 0.166. The minimum atomic E-state index is 0.878. The van der Waals surface area contributed by atoms with E-state index >= 15 is 0 Å². The van der Waals surface area contributed by atoms with Crippen LogP contribution in [-0.2, 0) is 0 Å². The number of hydrogen-bond donors (Lipinski definition) is 0. The van der Waals surface area contributed by atoms with Gasteiger partial charge in [0.1, 0.15) is 0 Å². The van der Waals surface area contributed by atoms with Crippen molar-refractivity contribution in [2.75, 3.05) is 0 Å². The van der Waals surface area contributed by atoms with Gasteiger partial charge >= 0.3 is 0 Å². The number of halogens is 1. The Morgan fingerprint density at radius 3 is 2.12 bits per heavy atom. The van der Waals surface area contributed by atoms with Gasteiger partial charge in [0.15, 0.2) is 0 Å². The summed E-state index contributed by atoms with van der Waals surface area (Å²) >= 11 is 3.64. The molecule has 1 aromatic carbocycles. The number of rotatable bonds is 0. The largest absolute Gasteiger partial charge is 0.0574 e. The standard InChI is InChI=1S/C15H17Br/c16-13-1-2-14-11-4-9-3-10(5-11)7-12(6-9)15(14)8-13/h1-2,8-12H,3-7H2. The van der Waals surface area contributed by atoms with Crippen LogP contribution < -0.4 is 0 Å². The summed E-state index contributed by atoms with van der Waals surface area (Å²) < 4.78 is 1.27. The maximum atomic E-state index is 3.64. The van der Waals surface area contributed by atoms with Gasteiger partial charge in [0.05, 0.1) is 0 Å². The zero-order valence-corrected chi connectivity index (χ0v) is 11.0. The molecule has 2 unspecified atom stereocenters. The summed E-state index contributed by atoms with van der Waals surface area (Å²) in [4.78, 5) is 0. The summed E-state index contributed by atoms with van der Waals surface area (Å²) in [5.74, 6) is 3.84. The zero-order valence-electron chi connectivity index (χ0n) is 9.45. The van der Waals surface area contributed by atoms with Crippen LogP contribution in [0.2, 0.25) is 0 Å². The molecule has 0 aromatic heterocycles. The number of benzene rings is 1. The van der Waals surface area contributed by atoms with Crippen LogP contribution >= 0.6 is 15.9 Å². The third kappa shape index (κ3) is 1.33. The second kappa shape index (κ2) is 3.35. The van der Waals surface area contributed by atoms with Crippen LogP contribution in [0, 0.1) is 11.8 Å². The second-order valence-corrected chi connectivity index (χ2v) is 6.99. The summed E-state index contributed by atoms with van der Waals surface area (Å²) in [6, 6.07) is 7.04. The molecule has 1 heteroatoms. The van der Waals surface area contributed by atoms with E-state index in [9.17, 15) is 0 Å². The Kier molecular flexibility index (Phi) is 2.03. The predicted octanol–water partition coefficient (Wildman–Crippen LogP) is 4.84. The smallest absolute Gasteiger partial charge is 0.0178 e. The third-order valence-corrected chi connectivity index (χ3v) is 5.56. The molecule has 5 rings (SSSR count). The fraction of sp³-hybridized carbons (Fsp3) is 0.600. The van der Waals surface area contributed by atoms with Gasteiger partial charge in [-0.2, -0.15) is 0 Å². The molecule has 0 nitrogen and oxygen atoms in total. The highest BCUT2D eigenvalue weighted by Gasteiger charge is 2.41. The van der Waals surface area contributed by atoms with Crippen LogP contribution in [0.5, 0.6) is 0 Å². The first kappa shape index (κ1) is 9.70. The van der Waals surface area contributed by atoms with E-state index in [-0.39, 0.29) is 0 Å². The lowest BCUT2D eigenvalue weighted by Gasteiger charge is -2.38. The molecule has 2 saturated carbocycles. The molecule has 16 heavy (non-hydrogen) atoms.